The van der Waals surface area contributed by atoms with E-state index in [0.717, 1.165) is 25.3 Å². The maximum Gasteiger partial charge on any atom is 0.237 e. The van der Waals surface area contributed by atoms with Crippen LogP contribution in [-0.2, 0) is 4.79 Å². The number of unbranched alkanes of at least 4 members (excludes halogenated alkanes) is 1. The number of hydrogen-bond donors (Lipinski definition) is 2. The molecule has 0 saturated carbocycles. The predicted molar refractivity (Wildman–Crippen MR) is 83.4 cm³/mol. The highest BCUT2D eigenvalue weighted by atomic mass is 16.1. The summed E-state index contributed by atoms with van der Waals surface area (Å²) >= 11 is 0. The molecule has 1 aliphatic rings. The minimum atomic E-state index is -0.855. The molecule has 0 radical (unpaired) electrons. The number of carbonyl (C=O) groups is 1. The fraction of sp³-hybridized carbons (Fsp3) is 0.933. The van der Waals surface area contributed by atoms with Crippen LogP contribution >= 0.6 is 0 Å². The minimum absolute atomic E-state index is 0.405. The number of likely N-dealkylation sites (tertiary alicyclic amines) is 1. The van der Waals surface area contributed by atoms with E-state index in [1.165, 1.54) is 32.5 Å². The van der Waals surface area contributed by atoms with Gasteiger partial charge in [0.25, 0.3) is 0 Å². The van der Waals surface area contributed by atoms with E-state index in [2.05, 4.69) is 23.9 Å². The van der Waals surface area contributed by atoms with Crippen LogP contribution in [0, 0.1) is 5.92 Å². The van der Waals surface area contributed by atoms with Crippen molar-refractivity contribution in [3.05, 3.63) is 0 Å². The number of carbonyl (C=O) groups excluding carboxylic acids is 1. The lowest BCUT2D eigenvalue weighted by molar-refractivity contribution is -0.122. The molecular formula is C15H32N4O. The number of nitrogens with zero attached hydrogens (tertiary/aromatic N) is 2. The zero-order chi connectivity index (χ0) is 15.2. The summed E-state index contributed by atoms with van der Waals surface area (Å²) in [5.74, 6) is 0.429. The van der Waals surface area contributed by atoms with Crippen LogP contribution in [0.2, 0.25) is 0 Å². The molecule has 0 bridgehead atoms. The monoisotopic (exact) mass is 284 g/mol. The molecule has 0 spiro atoms. The van der Waals surface area contributed by atoms with Gasteiger partial charge in [0.05, 0.1) is 5.54 Å². The number of primary amides is 1. The molecule has 1 amide bonds. The van der Waals surface area contributed by atoms with E-state index in [9.17, 15) is 4.79 Å². The molecule has 0 aliphatic carbocycles. The highest BCUT2D eigenvalue weighted by Gasteiger charge is 2.24. The molecule has 0 aromatic heterocycles. The average Bonchev–Trinajstić information content (AvgIpc) is 2.37. The smallest absolute Gasteiger partial charge is 0.237 e. The SMILES string of the molecule is CN1CCC(CN(C)CCCCC(C)(N)C(N)=O)CC1. The van der Waals surface area contributed by atoms with E-state index >= 15 is 0 Å². The van der Waals surface area contributed by atoms with Gasteiger partial charge in [0.15, 0.2) is 0 Å². The molecule has 4 N–H and O–H groups in total. The summed E-state index contributed by atoms with van der Waals surface area (Å²) in [6.45, 7) is 6.42. The van der Waals surface area contributed by atoms with E-state index in [1.807, 2.05) is 0 Å². The molecule has 0 aromatic rings. The van der Waals surface area contributed by atoms with Gasteiger partial charge < -0.3 is 21.3 Å². The van der Waals surface area contributed by atoms with Gasteiger partial charge in [0, 0.05) is 6.54 Å². The van der Waals surface area contributed by atoms with Crippen molar-refractivity contribution < 1.29 is 4.79 Å². The van der Waals surface area contributed by atoms with Crippen molar-refractivity contribution in [1.82, 2.24) is 9.80 Å². The summed E-state index contributed by atoms with van der Waals surface area (Å²) in [5.41, 5.74) is 10.3. The summed E-state index contributed by atoms with van der Waals surface area (Å²) in [4.78, 5) is 15.9. The van der Waals surface area contributed by atoms with Crippen LogP contribution in [-0.4, -0.2) is 61.5 Å². The Hall–Kier alpha value is -0.650. The second-order valence-electron chi connectivity index (χ2n) is 6.75. The number of amides is 1. The Balaban J connectivity index is 2.11. The van der Waals surface area contributed by atoms with Crippen LogP contribution in [0.15, 0.2) is 0 Å². The molecule has 0 aromatic carbocycles. The second-order valence-corrected chi connectivity index (χ2v) is 6.75. The molecule has 1 unspecified atom stereocenters. The Morgan fingerprint density at radius 2 is 1.95 bits per heavy atom. The first-order valence-electron chi connectivity index (χ1n) is 7.77. The topological polar surface area (TPSA) is 75.6 Å². The summed E-state index contributed by atoms with van der Waals surface area (Å²) in [5, 5.41) is 0. The van der Waals surface area contributed by atoms with Crippen molar-refractivity contribution in [2.24, 2.45) is 17.4 Å². The molecule has 1 heterocycles. The van der Waals surface area contributed by atoms with E-state index < -0.39 is 11.4 Å². The third-order valence-electron chi connectivity index (χ3n) is 4.46. The average molecular weight is 284 g/mol. The largest absolute Gasteiger partial charge is 0.368 e. The Bertz CT molecular complexity index is 298. The minimum Gasteiger partial charge on any atom is -0.368 e. The third-order valence-corrected chi connectivity index (χ3v) is 4.46. The number of piperidine rings is 1. The Morgan fingerprint density at radius 1 is 1.35 bits per heavy atom. The van der Waals surface area contributed by atoms with Crippen LogP contribution in [0.5, 0.6) is 0 Å². The van der Waals surface area contributed by atoms with Crippen LogP contribution in [0.1, 0.15) is 39.0 Å². The molecule has 1 fully saturated rings. The number of rotatable bonds is 8. The fourth-order valence-electron chi connectivity index (χ4n) is 2.77. The zero-order valence-corrected chi connectivity index (χ0v) is 13.4. The van der Waals surface area contributed by atoms with Crippen molar-refractivity contribution in [1.29, 1.82) is 0 Å². The third kappa shape index (κ3) is 6.20. The maximum absolute atomic E-state index is 11.1. The van der Waals surface area contributed by atoms with Crippen molar-refractivity contribution >= 4 is 5.91 Å². The first kappa shape index (κ1) is 17.4. The highest BCUT2D eigenvalue weighted by molar-refractivity contribution is 5.83. The van der Waals surface area contributed by atoms with Crippen LogP contribution < -0.4 is 11.5 Å². The predicted octanol–water partition coefficient (Wildman–Crippen LogP) is 0.633. The lowest BCUT2D eigenvalue weighted by atomic mass is 9.95. The van der Waals surface area contributed by atoms with Gasteiger partial charge in [-0.3, -0.25) is 4.79 Å². The van der Waals surface area contributed by atoms with Crippen LogP contribution in [0.3, 0.4) is 0 Å². The molecule has 1 saturated heterocycles. The standard InChI is InChI=1S/C15H32N4O/c1-15(17,14(16)20)8-4-5-9-19(3)12-13-6-10-18(2)11-7-13/h13H,4-12,17H2,1-3H3,(H2,16,20). The van der Waals surface area contributed by atoms with Crippen molar-refractivity contribution in [2.75, 3.05) is 40.3 Å². The van der Waals surface area contributed by atoms with E-state index in [1.54, 1.807) is 6.92 Å². The molecule has 1 aliphatic heterocycles. The van der Waals surface area contributed by atoms with Crippen LogP contribution in [0.25, 0.3) is 0 Å². The van der Waals surface area contributed by atoms with E-state index in [0.29, 0.717) is 6.42 Å². The van der Waals surface area contributed by atoms with Gasteiger partial charge in [-0.25, -0.2) is 0 Å². The highest BCUT2D eigenvalue weighted by Crippen LogP contribution is 2.17. The van der Waals surface area contributed by atoms with Crippen LogP contribution in [0.4, 0.5) is 0 Å². The normalized spacial score (nSPS) is 21.1. The lowest BCUT2D eigenvalue weighted by Gasteiger charge is -2.31. The van der Waals surface area contributed by atoms with Gasteiger partial charge >= 0.3 is 0 Å². The van der Waals surface area contributed by atoms with Gasteiger partial charge in [-0.1, -0.05) is 0 Å². The van der Waals surface area contributed by atoms with E-state index in [-0.39, 0.29) is 0 Å². The quantitative estimate of drug-likeness (QED) is 0.641. The zero-order valence-electron chi connectivity index (χ0n) is 13.4. The molecule has 1 atom stereocenters. The molecule has 5 heteroatoms. The molecule has 118 valence electrons. The molecule has 20 heavy (non-hydrogen) atoms. The molecular weight excluding hydrogens is 252 g/mol. The molecule has 5 nitrogen and oxygen atoms in total. The van der Waals surface area contributed by atoms with Gasteiger partial charge in [0.2, 0.25) is 5.91 Å². The Kier molecular flexibility index (Phi) is 6.92. The fourth-order valence-corrected chi connectivity index (χ4v) is 2.77. The van der Waals surface area contributed by atoms with Gasteiger partial charge in [-0.15, -0.1) is 0 Å². The Morgan fingerprint density at radius 3 is 2.50 bits per heavy atom. The summed E-state index contributed by atoms with van der Waals surface area (Å²) in [6, 6.07) is 0. The van der Waals surface area contributed by atoms with Crippen molar-refractivity contribution in [3.8, 4) is 0 Å². The van der Waals surface area contributed by atoms with Gasteiger partial charge in [-0.2, -0.15) is 0 Å². The second kappa shape index (κ2) is 7.96. The first-order valence-corrected chi connectivity index (χ1v) is 7.77. The first-order chi connectivity index (χ1) is 9.31. The molecule has 1 rings (SSSR count). The Labute approximate surface area is 123 Å². The summed E-state index contributed by atoms with van der Waals surface area (Å²) in [6.07, 6.45) is 5.31. The summed E-state index contributed by atoms with van der Waals surface area (Å²) in [7, 11) is 4.39. The number of nitrogens with two attached hydrogens (primary N) is 2. The maximum atomic E-state index is 11.1. The lowest BCUT2D eigenvalue weighted by Crippen LogP contribution is -2.49. The van der Waals surface area contributed by atoms with Crippen molar-refractivity contribution in [3.63, 3.8) is 0 Å². The van der Waals surface area contributed by atoms with Gasteiger partial charge in [0.1, 0.15) is 0 Å². The number of hydrogen-bond acceptors (Lipinski definition) is 4. The van der Waals surface area contributed by atoms with E-state index in [4.69, 9.17) is 11.5 Å². The van der Waals surface area contributed by atoms with Gasteiger partial charge in [-0.05, 0) is 78.7 Å². The summed E-state index contributed by atoms with van der Waals surface area (Å²) < 4.78 is 0. The van der Waals surface area contributed by atoms with Crippen molar-refractivity contribution in [2.45, 2.75) is 44.6 Å².